The van der Waals surface area contributed by atoms with Crippen LogP contribution >= 0.6 is 0 Å². The van der Waals surface area contributed by atoms with E-state index in [1.165, 1.54) is 18.2 Å². The minimum absolute atomic E-state index is 0.0715. The van der Waals surface area contributed by atoms with E-state index in [0.717, 1.165) is 5.56 Å². The molecule has 116 valence electrons. The molecule has 0 fully saturated rings. The lowest BCUT2D eigenvalue weighted by atomic mass is 10.1. The van der Waals surface area contributed by atoms with Crippen LogP contribution in [-0.2, 0) is 16.3 Å². The molecular weight excluding hydrogens is 312 g/mol. The predicted molar refractivity (Wildman–Crippen MR) is 84.3 cm³/mol. The van der Waals surface area contributed by atoms with E-state index in [-0.39, 0.29) is 14.8 Å². The van der Waals surface area contributed by atoms with Crippen molar-refractivity contribution in [2.75, 3.05) is 0 Å². The number of rotatable bonds is 4. The third kappa shape index (κ3) is 3.22. The molecule has 0 unspecified atom stereocenters. The number of hydrogen-bond acceptors (Lipinski definition) is 4. The van der Waals surface area contributed by atoms with Crippen molar-refractivity contribution in [3.05, 3.63) is 89.3 Å². The maximum Gasteiger partial charge on any atom is 0.339 e. The van der Waals surface area contributed by atoms with Crippen LogP contribution < -0.4 is 4.85 Å². The third-order valence-electron chi connectivity index (χ3n) is 3.38. The molecular formula is C17H14N2O3S. The maximum atomic E-state index is 12.5. The van der Waals surface area contributed by atoms with Crippen molar-refractivity contribution in [1.82, 2.24) is 5.10 Å². The zero-order valence-electron chi connectivity index (χ0n) is 12.2. The van der Waals surface area contributed by atoms with Gasteiger partial charge in [0.25, 0.3) is 9.84 Å². The van der Waals surface area contributed by atoms with E-state index < -0.39 is 9.84 Å². The minimum Gasteiger partial charge on any atom is -0.593 e. The zero-order valence-corrected chi connectivity index (χ0v) is 13.0. The molecule has 6 heteroatoms. The highest BCUT2D eigenvalue weighted by molar-refractivity contribution is 7.91. The third-order valence-corrected chi connectivity index (χ3v) is 5.12. The van der Waals surface area contributed by atoms with Gasteiger partial charge >= 0.3 is 5.03 Å². The Bertz CT molecular complexity index is 911. The van der Waals surface area contributed by atoms with Crippen LogP contribution in [0.15, 0.2) is 82.7 Å². The van der Waals surface area contributed by atoms with Crippen LogP contribution in [0.1, 0.15) is 11.3 Å². The molecule has 0 atom stereocenters. The Labute approximate surface area is 134 Å². The summed E-state index contributed by atoms with van der Waals surface area (Å²) in [6, 6.07) is 20.3. The second-order valence-electron chi connectivity index (χ2n) is 5.01. The summed E-state index contributed by atoms with van der Waals surface area (Å²) in [6.45, 7) is 0. The standard InChI is InChI=1S/C17H14N2O3S/c20-19-17(23(21,22)16-9-5-2-6-10-16)12-11-15(18-19)13-14-7-3-1-4-8-14/h1-12H,13H2. The smallest absolute Gasteiger partial charge is 0.339 e. The summed E-state index contributed by atoms with van der Waals surface area (Å²) in [7, 11) is -3.87. The number of sulfone groups is 1. The molecule has 0 aliphatic carbocycles. The molecule has 2 aromatic carbocycles. The van der Waals surface area contributed by atoms with Gasteiger partial charge in [-0.1, -0.05) is 48.5 Å². The van der Waals surface area contributed by atoms with Crippen molar-refractivity contribution in [3.63, 3.8) is 0 Å². The molecule has 0 aliphatic rings. The lowest BCUT2D eigenvalue weighted by Gasteiger charge is -2.05. The van der Waals surface area contributed by atoms with Gasteiger partial charge in [-0.2, -0.15) is 0 Å². The molecule has 0 aliphatic heterocycles. The second-order valence-corrected chi connectivity index (χ2v) is 6.91. The van der Waals surface area contributed by atoms with Gasteiger partial charge in [-0.25, -0.2) is 8.42 Å². The van der Waals surface area contributed by atoms with Gasteiger partial charge in [0, 0.05) is 17.6 Å². The van der Waals surface area contributed by atoms with Crippen LogP contribution in [0, 0.1) is 5.21 Å². The Morgan fingerprint density at radius 1 is 0.870 bits per heavy atom. The van der Waals surface area contributed by atoms with Crippen LogP contribution in [0.25, 0.3) is 0 Å². The summed E-state index contributed by atoms with van der Waals surface area (Å²) in [5.41, 5.74) is 1.51. The van der Waals surface area contributed by atoms with E-state index in [2.05, 4.69) is 5.10 Å². The van der Waals surface area contributed by atoms with Crippen molar-refractivity contribution >= 4 is 9.84 Å². The lowest BCUT2D eigenvalue weighted by Crippen LogP contribution is -2.38. The fraction of sp³-hybridized carbons (Fsp3) is 0.0588. The van der Waals surface area contributed by atoms with Crippen molar-refractivity contribution in [2.45, 2.75) is 16.3 Å². The predicted octanol–water partition coefficient (Wildman–Crippen LogP) is 2.14. The summed E-state index contributed by atoms with van der Waals surface area (Å²) in [5.74, 6) is 0. The van der Waals surface area contributed by atoms with Crippen LogP contribution in [0.2, 0.25) is 0 Å². The second kappa shape index (κ2) is 6.18. The van der Waals surface area contributed by atoms with Gasteiger partial charge in [-0.05, 0) is 28.6 Å². The van der Waals surface area contributed by atoms with E-state index in [0.29, 0.717) is 12.1 Å². The van der Waals surface area contributed by atoms with E-state index in [1.807, 2.05) is 30.3 Å². The number of hydrogen-bond donors (Lipinski definition) is 0. The minimum atomic E-state index is -3.87. The number of benzene rings is 2. The Morgan fingerprint density at radius 2 is 1.48 bits per heavy atom. The average molecular weight is 326 g/mol. The van der Waals surface area contributed by atoms with Crippen molar-refractivity contribution in [2.24, 2.45) is 0 Å². The maximum absolute atomic E-state index is 12.5. The van der Waals surface area contributed by atoms with E-state index >= 15 is 0 Å². The molecule has 0 saturated heterocycles. The lowest BCUT2D eigenvalue weighted by molar-refractivity contribution is -0.708. The summed E-state index contributed by atoms with van der Waals surface area (Å²) in [4.78, 5) is 0.253. The molecule has 1 heterocycles. The zero-order chi connectivity index (χ0) is 16.3. The van der Waals surface area contributed by atoms with Gasteiger partial charge in [0.15, 0.2) is 0 Å². The Kier molecular flexibility index (Phi) is 4.08. The largest absolute Gasteiger partial charge is 0.593 e. The normalized spacial score (nSPS) is 11.3. The SMILES string of the molecule is O=S(=O)(c1ccccc1)c1ccc(Cc2ccccc2)n[n+]1[O-]. The van der Waals surface area contributed by atoms with Gasteiger partial charge in [0.2, 0.25) is 0 Å². The van der Waals surface area contributed by atoms with Gasteiger partial charge in [0.05, 0.1) is 4.90 Å². The first kappa shape index (κ1) is 15.2. The quantitative estimate of drug-likeness (QED) is 0.544. The Balaban J connectivity index is 1.94. The fourth-order valence-electron chi connectivity index (χ4n) is 2.24. The topological polar surface area (TPSA) is 74.0 Å². The van der Waals surface area contributed by atoms with Crippen LogP contribution in [-0.4, -0.2) is 13.5 Å². The van der Waals surface area contributed by atoms with Crippen molar-refractivity contribution in [1.29, 1.82) is 0 Å². The first-order valence-corrected chi connectivity index (χ1v) is 8.49. The molecule has 0 saturated carbocycles. The molecule has 23 heavy (non-hydrogen) atoms. The van der Waals surface area contributed by atoms with Gasteiger partial charge in [0.1, 0.15) is 5.69 Å². The van der Waals surface area contributed by atoms with Gasteiger partial charge in [-0.3, -0.25) is 0 Å². The van der Waals surface area contributed by atoms with Crippen molar-refractivity contribution < 1.29 is 13.3 Å². The fourth-order valence-corrected chi connectivity index (χ4v) is 3.49. The monoisotopic (exact) mass is 326 g/mol. The molecule has 0 radical (unpaired) electrons. The van der Waals surface area contributed by atoms with Crippen LogP contribution in [0.3, 0.4) is 0 Å². The summed E-state index contributed by atoms with van der Waals surface area (Å²) in [6.07, 6.45) is 0.467. The number of nitrogens with zero attached hydrogens (tertiary/aromatic N) is 2. The average Bonchev–Trinajstić information content (AvgIpc) is 2.56. The van der Waals surface area contributed by atoms with Crippen molar-refractivity contribution in [3.8, 4) is 0 Å². The summed E-state index contributed by atoms with van der Waals surface area (Å²) in [5, 5.41) is 15.5. The van der Waals surface area contributed by atoms with E-state index in [1.54, 1.807) is 24.3 Å². The highest BCUT2D eigenvalue weighted by Gasteiger charge is 2.27. The van der Waals surface area contributed by atoms with E-state index in [9.17, 15) is 13.6 Å². The molecule has 0 amide bonds. The van der Waals surface area contributed by atoms with Gasteiger partial charge in [-0.15, -0.1) is 0 Å². The Morgan fingerprint density at radius 3 is 2.09 bits per heavy atom. The molecule has 1 aromatic heterocycles. The molecule has 3 aromatic rings. The highest BCUT2D eigenvalue weighted by Crippen LogP contribution is 2.17. The molecule has 0 spiro atoms. The molecule has 0 N–H and O–H groups in total. The number of aromatic nitrogens is 2. The molecule has 3 rings (SSSR count). The first-order chi connectivity index (χ1) is 11.1. The van der Waals surface area contributed by atoms with Crippen LogP contribution in [0.5, 0.6) is 0 Å². The van der Waals surface area contributed by atoms with E-state index in [4.69, 9.17) is 0 Å². The highest BCUT2D eigenvalue weighted by atomic mass is 32.2. The van der Waals surface area contributed by atoms with Crippen LogP contribution in [0.4, 0.5) is 0 Å². The summed E-state index contributed by atoms with van der Waals surface area (Å²) < 4.78 is 24.9. The molecule has 5 nitrogen and oxygen atoms in total. The Hall–Kier alpha value is -2.73. The van der Waals surface area contributed by atoms with Gasteiger partial charge < -0.3 is 5.21 Å². The first-order valence-electron chi connectivity index (χ1n) is 7.01. The summed E-state index contributed by atoms with van der Waals surface area (Å²) >= 11 is 0. The molecule has 0 bridgehead atoms.